The van der Waals surface area contributed by atoms with Gasteiger partial charge < -0.3 is 25.2 Å². The highest BCUT2D eigenvalue weighted by Crippen LogP contribution is 2.35. The van der Waals surface area contributed by atoms with Crippen LogP contribution in [-0.2, 0) is 11.2 Å². The molecule has 2 aromatic carbocycles. The highest BCUT2D eigenvalue weighted by molar-refractivity contribution is 5.73. The summed E-state index contributed by atoms with van der Waals surface area (Å²) in [7, 11) is 0. The molecule has 0 unspecified atom stereocenters. The van der Waals surface area contributed by atoms with Crippen molar-refractivity contribution in [2.75, 3.05) is 13.2 Å². The van der Waals surface area contributed by atoms with Crippen molar-refractivity contribution in [1.29, 1.82) is 0 Å². The second-order valence-electron chi connectivity index (χ2n) is 8.32. The van der Waals surface area contributed by atoms with Crippen LogP contribution in [0.4, 0.5) is 8.78 Å². The van der Waals surface area contributed by atoms with E-state index in [0.29, 0.717) is 18.6 Å². The number of ether oxygens (including phenoxy) is 2. The summed E-state index contributed by atoms with van der Waals surface area (Å²) in [6.07, 6.45) is -0.151. The van der Waals surface area contributed by atoms with E-state index in [4.69, 9.17) is 9.47 Å². The standard InChI is InChI=1S/C24H30F2N2O4/c1-14(2)32-19-4-5-24-20(12-19)21(6-7-31-24)27-13-23(30)22(28-15(3)29)10-16-8-17(25)11-18(26)9-16/h4-5,8-9,11-12,14,21-23,27,30H,6-7,10,13H2,1-3H3,(H,28,29)/t21-,22-,23+/m0/s1. The molecule has 174 valence electrons. The van der Waals surface area contributed by atoms with Crippen molar-refractivity contribution in [2.24, 2.45) is 0 Å². The molecule has 0 saturated heterocycles. The zero-order valence-electron chi connectivity index (χ0n) is 18.5. The molecule has 6 nitrogen and oxygen atoms in total. The molecular formula is C24H30F2N2O4. The fraction of sp³-hybridized carbons (Fsp3) is 0.458. The predicted octanol–water partition coefficient (Wildman–Crippen LogP) is 3.27. The van der Waals surface area contributed by atoms with Crippen molar-refractivity contribution in [3.05, 3.63) is 59.2 Å². The molecular weight excluding hydrogens is 418 g/mol. The van der Waals surface area contributed by atoms with E-state index in [1.807, 2.05) is 32.0 Å². The first-order valence-electron chi connectivity index (χ1n) is 10.8. The van der Waals surface area contributed by atoms with Gasteiger partial charge in [0, 0.05) is 37.6 Å². The number of hydrogen-bond donors (Lipinski definition) is 3. The highest BCUT2D eigenvalue weighted by Gasteiger charge is 2.26. The molecule has 0 saturated carbocycles. The van der Waals surface area contributed by atoms with Crippen LogP contribution in [0.15, 0.2) is 36.4 Å². The Morgan fingerprint density at radius 3 is 2.59 bits per heavy atom. The minimum Gasteiger partial charge on any atom is -0.493 e. The fourth-order valence-corrected chi connectivity index (χ4v) is 3.86. The Morgan fingerprint density at radius 1 is 1.22 bits per heavy atom. The number of halogens is 2. The number of carbonyl (C=O) groups excluding carboxylic acids is 1. The lowest BCUT2D eigenvalue weighted by Crippen LogP contribution is -2.48. The van der Waals surface area contributed by atoms with Gasteiger partial charge in [0.15, 0.2) is 0 Å². The van der Waals surface area contributed by atoms with Gasteiger partial charge in [-0.1, -0.05) is 0 Å². The third kappa shape index (κ3) is 6.64. The van der Waals surface area contributed by atoms with E-state index in [2.05, 4.69) is 10.6 Å². The molecule has 0 bridgehead atoms. The van der Waals surface area contributed by atoms with Crippen LogP contribution in [0.2, 0.25) is 0 Å². The maximum absolute atomic E-state index is 13.6. The summed E-state index contributed by atoms with van der Waals surface area (Å²) in [5.74, 6) is -0.244. The van der Waals surface area contributed by atoms with Crippen molar-refractivity contribution < 1.29 is 28.2 Å². The molecule has 32 heavy (non-hydrogen) atoms. The van der Waals surface area contributed by atoms with E-state index in [0.717, 1.165) is 23.1 Å². The fourth-order valence-electron chi connectivity index (χ4n) is 3.86. The van der Waals surface area contributed by atoms with Crippen LogP contribution in [0.5, 0.6) is 11.5 Å². The van der Waals surface area contributed by atoms with E-state index in [-0.39, 0.29) is 31.0 Å². The summed E-state index contributed by atoms with van der Waals surface area (Å²) in [6.45, 7) is 5.94. The van der Waals surface area contributed by atoms with Crippen molar-refractivity contribution in [3.8, 4) is 11.5 Å². The SMILES string of the molecule is CC(=O)N[C@@H](Cc1cc(F)cc(F)c1)[C@H](O)CN[C@H]1CCOc2ccc(OC(C)C)cc21. The zero-order valence-corrected chi connectivity index (χ0v) is 18.5. The second-order valence-corrected chi connectivity index (χ2v) is 8.32. The molecule has 3 atom stereocenters. The Kier molecular flexibility index (Phi) is 8.04. The van der Waals surface area contributed by atoms with E-state index in [9.17, 15) is 18.7 Å². The lowest BCUT2D eigenvalue weighted by atomic mass is 9.98. The molecule has 0 fully saturated rings. The molecule has 3 N–H and O–H groups in total. The van der Waals surface area contributed by atoms with E-state index >= 15 is 0 Å². The predicted molar refractivity (Wildman–Crippen MR) is 117 cm³/mol. The van der Waals surface area contributed by atoms with Gasteiger partial charge in [-0.15, -0.1) is 0 Å². The van der Waals surface area contributed by atoms with Crippen molar-refractivity contribution in [1.82, 2.24) is 10.6 Å². The zero-order chi connectivity index (χ0) is 23.3. The Hall–Kier alpha value is -2.71. The summed E-state index contributed by atoms with van der Waals surface area (Å²) in [5, 5.41) is 16.8. The second kappa shape index (κ2) is 10.7. The van der Waals surface area contributed by atoms with Crippen LogP contribution in [0, 0.1) is 11.6 Å². The topological polar surface area (TPSA) is 79.8 Å². The molecule has 1 heterocycles. The van der Waals surface area contributed by atoms with E-state index in [1.54, 1.807) is 0 Å². The maximum atomic E-state index is 13.6. The molecule has 1 aliphatic heterocycles. The van der Waals surface area contributed by atoms with Gasteiger partial charge in [0.2, 0.25) is 5.91 Å². The van der Waals surface area contributed by atoms with Gasteiger partial charge in [-0.2, -0.15) is 0 Å². The van der Waals surface area contributed by atoms with Crippen LogP contribution in [0.25, 0.3) is 0 Å². The summed E-state index contributed by atoms with van der Waals surface area (Å²) >= 11 is 0. The minimum atomic E-state index is -0.980. The van der Waals surface area contributed by atoms with E-state index < -0.39 is 23.8 Å². The summed E-state index contributed by atoms with van der Waals surface area (Å²) in [5.41, 5.74) is 1.29. The number of benzene rings is 2. The van der Waals surface area contributed by atoms with Crippen LogP contribution in [0.1, 0.15) is 44.4 Å². The van der Waals surface area contributed by atoms with Crippen molar-refractivity contribution >= 4 is 5.91 Å². The molecule has 0 aromatic heterocycles. The molecule has 8 heteroatoms. The number of aliphatic hydroxyl groups excluding tert-OH is 1. The van der Waals surface area contributed by atoms with Gasteiger partial charge in [0.1, 0.15) is 23.1 Å². The van der Waals surface area contributed by atoms with Gasteiger partial charge in [-0.3, -0.25) is 4.79 Å². The number of hydrogen-bond acceptors (Lipinski definition) is 5. The lowest BCUT2D eigenvalue weighted by Gasteiger charge is -2.30. The van der Waals surface area contributed by atoms with Gasteiger partial charge in [-0.05, 0) is 56.2 Å². The Morgan fingerprint density at radius 2 is 1.94 bits per heavy atom. The van der Waals surface area contributed by atoms with E-state index in [1.165, 1.54) is 19.1 Å². The monoisotopic (exact) mass is 448 g/mol. The van der Waals surface area contributed by atoms with Crippen molar-refractivity contribution in [2.45, 2.75) is 57.9 Å². The first-order valence-corrected chi connectivity index (χ1v) is 10.8. The van der Waals surface area contributed by atoms with Gasteiger partial charge in [0.05, 0.1) is 24.9 Å². The number of fused-ring (bicyclic) bond motifs is 1. The number of carbonyl (C=O) groups is 1. The third-order valence-corrected chi connectivity index (χ3v) is 5.20. The largest absolute Gasteiger partial charge is 0.493 e. The first-order chi connectivity index (χ1) is 15.2. The molecule has 0 radical (unpaired) electrons. The Labute approximate surface area is 186 Å². The van der Waals surface area contributed by atoms with Crippen LogP contribution < -0.4 is 20.1 Å². The van der Waals surface area contributed by atoms with Gasteiger partial charge in [0.25, 0.3) is 0 Å². The number of amides is 1. The summed E-state index contributed by atoms with van der Waals surface area (Å²) < 4.78 is 38.6. The number of aliphatic hydroxyl groups is 1. The van der Waals surface area contributed by atoms with Gasteiger partial charge in [-0.25, -0.2) is 8.78 Å². The molecule has 0 spiro atoms. The van der Waals surface area contributed by atoms with Crippen LogP contribution >= 0.6 is 0 Å². The van der Waals surface area contributed by atoms with Crippen molar-refractivity contribution in [3.63, 3.8) is 0 Å². The van der Waals surface area contributed by atoms with Crippen LogP contribution in [-0.4, -0.2) is 42.4 Å². The summed E-state index contributed by atoms with van der Waals surface area (Å²) in [4.78, 5) is 11.7. The normalized spacial score (nSPS) is 17.3. The number of rotatable bonds is 9. The van der Waals surface area contributed by atoms with Crippen LogP contribution in [0.3, 0.4) is 0 Å². The molecule has 1 aliphatic rings. The smallest absolute Gasteiger partial charge is 0.217 e. The quantitative estimate of drug-likeness (QED) is 0.549. The summed E-state index contributed by atoms with van der Waals surface area (Å²) in [6, 6.07) is 8.06. The number of nitrogens with one attached hydrogen (secondary N) is 2. The Balaban J connectivity index is 1.69. The third-order valence-electron chi connectivity index (χ3n) is 5.20. The molecule has 1 amide bonds. The first kappa shape index (κ1) is 23.9. The average Bonchev–Trinajstić information content (AvgIpc) is 2.70. The molecule has 3 rings (SSSR count). The Bertz CT molecular complexity index is 918. The minimum absolute atomic E-state index is 0.0388. The molecule has 2 aromatic rings. The maximum Gasteiger partial charge on any atom is 0.217 e. The van der Waals surface area contributed by atoms with Gasteiger partial charge >= 0.3 is 0 Å². The average molecular weight is 449 g/mol. The molecule has 0 aliphatic carbocycles. The lowest BCUT2D eigenvalue weighted by molar-refractivity contribution is -0.120. The highest BCUT2D eigenvalue weighted by atomic mass is 19.1.